The highest BCUT2D eigenvalue weighted by atomic mass is 19.1. The Bertz CT molecular complexity index is 959. The summed E-state index contributed by atoms with van der Waals surface area (Å²) in [5.74, 6) is -2.47. The molecular formula is C18H16FN3O4. The number of carboxylic acids is 1. The number of carboxylic acid groups (broad SMARTS) is 1. The van der Waals surface area contributed by atoms with Gasteiger partial charge in [-0.15, -0.1) is 0 Å². The minimum atomic E-state index is -1.30. The largest absolute Gasteiger partial charge is 0.475 e. The second kappa shape index (κ2) is 6.83. The van der Waals surface area contributed by atoms with Gasteiger partial charge in [0.15, 0.2) is 0 Å². The van der Waals surface area contributed by atoms with Crippen molar-refractivity contribution in [3.05, 3.63) is 65.4 Å². The van der Waals surface area contributed by atoms with Crippen molar-refractivity contribution < 1.29 is 23.6 Å². The van der Waals surface area contributed by atoms with Gasteiger partial charge in [0.25, 0.3) is 5.91 Å². The molecule has 0 bridgehead atoms. The fourth-order valence-corrected chi connectivity index (χ4v) is 2.71. The zero-order valence-corrected chi connectivity index (χ0v) is 14.1. The van der Waals surface area contributed by atoms with E-state index in [1.807, 2.05) is 0 Å². The number of hydrogen-bond acceptors (Lipinski definition) is 4. The van der Waals surface area contributed by atoms with Gasteiger partial charge in [-0.1, -0.05) is 5.16 Å². The van der Waals surface area contributed by atoms with Crippen LogP contribution in [0.25, 0.3) is 11.3 Å². The number of benzene rings is 1. The minimum Gasteiger partial charge on any atom is -0.475 e. The van der Waals surface area contributed by atoms with E-state index in [1.54, 1.807) is 36.9 Å². The quantitative estimate of drug-likeness (QED) is 0.731. The summed E-state index contributed by atoms with van der Waals surface area (Å²) in [4.78, 5) is 23.9. The zero-order chi connectivity index (χ0) is 18.8. The van der Waals surface area contributed by atoms with Gasteiger partial charge in [0, 0.05) is 18.8 Å². The van der Waals surface area contributed by atoms with Crippen LogP contribution in [0.3, 0.4) is 0 Å². The first-order valence-electron chi connectivity index (χ1n) is 7.79. The molecule has 0 saturated heterocycles. The molecule has 0 unspecified atom stereocenters. The lowest BCUT2D eigenvalue weighted by Crippen LogP contribution is -2.29. The second-order valence-corrected chi connectivity index (χ2v) is 5.79. The Morgan fingerprint density at radius 3 is 2.54 bits per heavy atom. The molecule has 0 saturated carbocycles. The van der Waals surface area contributed by atoms with E-state index in [4.69, 9.17) is 4.52 Å². The minimum absolute atomic E-state index is 0.215. The Morgan fingerprint density at radius 1 is 1.27 bits per heavy atom. The van der Waals surface area contributed by atoms with Crippen molar-refractivity contribution >= 4 is 11.9 Å². The smallest absolute Gasteiger partial charge is 0.375 e. The molecule has 1 aromatic carbocycles. The maximum Gasteiger partial charge on any atom is 0.375 e. The molecule has 0 aliphatic rings. The van der Waals surface area contributed by atoms with Crippen molar-refractivity contribution in [1.82, 2.24) is 15.0 Å². The van der Waals surface area contributed by atoms with Crippen molar-refractivity contribution in [3.8, 4) is 11.3 Å². The Hall–Kier alpha value is -3.42. The lowest BCUT2D eigenvalue weighted by atomic mass is 10.0. The molecule has 7 nitrogen and oxygen atoms in total. The van der Waals surface area contributed by atoms with Crippen LogP contribution in [0, 0.1) is 5.82 Å². The van der Waals surface area contributed by atoms with Crippen molar-refractivity contribution in [2.24, 2.45) is 7.05 Å². The van der Waals surface area contributed by atoms with Gasteiger partial charge < -0.3 is 19.5 Å². The van der Waals surface area contributed by atoms with Crippen LogP contribution in [-0.2, 0) is 7.05 Å². The third-order valence-corrected chi connectivity index (χ3v) is 4.00. The highest BCUT2D eigenvalue weighted by Crippen LogP contribution is 2.31. The van der Waals surface area contributed by atoms with Gasteiger partial charge in [-0.3, -0.25) is 4.79 Å². The first kappa shape index (κ1) is 17.4. The maximum absolute atomic E-state index is 13.2. The van der Waals surface area contributed by atoms with Crippen LogP contribution in [-0.4, -0.2) is 26.7 Å². The molecule has 0 aliphatic carbocycles. The van der Waals surface area contributed by atoms with Crippen molar-refractivity contribution in [2.45, 2.75) is 13.0 Å². The van der Waals surface area contributed by atoms with Crippen LogP contribution in [0.5, 0.6) is 0 Å². The fourth-order valence-electron chi connectivity index (χ4n) is 2.71. The molecular weight excluding hydrogens is 341 g/mol. The van der Waals surface area contributed by atoms with Gasteiger partial charge in [-0.25, -0.2) is 9.18 Å². The molecule has 134 valence electrons. The Kier molecular flexibility index (Phi) is 4.57. The van der Waals surface area contributed by atoms with Gasteiger partial charge in [0.05, 0.1) is 11.6 Å². The predicted octanol–water partition coefficient (Wildman–Crippen LogP) is 3.01. The molecule has 0 spiro atoms. The molecule has 26 heavy (non-hydrogen) atoms. The van der Waals surface area contributed by atoms with Crippen LogP contribution in [0.4, 0.5) is 4.39 Å². The number of aromatic carboxylic acids is 1. The third kappa shape index (κ3) is 3.21. The first-order valence-corrected chi connectivity index (χ1v) is 7.79. The van der Waals surface area contributed by atoms with Crippen LogP contribution in [0.15, 0.2) is 47.1 Å². The second-order valence-electron chi connectivity index (χ2n) is 5.79. The van der Waals surface area contributed by atoms with Gasteiger partial charge in [0.1, 0.15) is 17.2 Å². The zero-order valence-electron chi connectivity index (χ0n) is 14.1. The number of amides is 1. The highest BCUT2D eigenvalue weighted by Gasteiger charge is 2.28. The van der Waals surface area contributed by atoms with E-state index in [0.717, 1.165) is 0 Å². The maximum atomic E-state index is 13.2. The van der Waals surface area contributed by atoms with E-state index in [1.165, 1.54) is 24.3 Å². The van der Waals surface area contributed by atoms with Crippen molar-refractivity contribution in [3.63, 3.8) is 0 Å². The number of nitrogens with one attached hydrogen (secondary N) is 1. The number of carbonyl (C=O) groups excluding carboxylic acids is 1. The molecule has 8 heteroatoms. The number of hydrogen-bond donors (Lipinski definition) is 2. The highest BCUT2D eigenvalue weighted by molar-refractivity contribution is 5.94. The normalized spacial score (nSPS) is 12.0. The average molecular weight is 357 g/mol. The number of halogens is 1. The standard InChI is InChI=1S/C18H16FN3O4/c1-10(20-17(23)13-4-3-9-22(13)2)14-15(21-26-16(14)18(24)25)11-5-7-12(19)8-6-11/h3-10H,1-2H3,(H,20,23)(H,24,25)/t10-/m1/s1. The van der Waals surface area contributed by atoms with Gasteiger partial charge >= 0.3 is 5.97 Å². The molecule has 1 amide bonds. The van der Waals surface area contributed by atoms with Gasteiger partial charge in [-0.2, -0.15) is 0 Å². The molecule has 2 aromatic heterocycles. The van der Waals surface area contributed by atoms with Crippen LogP contribution in [0.1, 0.15) is 39.6 Å². The van der Waals surface area contributed by atoms with E-state index < -0.39 is 17.8 Å². The molecule has 3 aromatic rings. The molecule has 0 aliphatic heterocycles. The summed E-state index contributed by atoms with van der Waals surface area (Å²) in [7, 11) is 1.73. The Labute approximate surface area is 148 Å². The molecule has 0 radical (unpaired) electrons. The van der Waals surface area contributed by atoms with E-state index >= 15 is 0 Å². The van der Waals surface area contributed by atoms with E-state index in [9.17, 15) is 19.1 Å². The van der Waals surface area contributed by atoms with Crippen LogP contribution < -0.4 is 5.32 Å². The van der Waals surface area contributed by atoms with Crippen molar-refractivity contribution in [2.75, 3.05) is 0 Å². The fraction of sp³-hybridized carbons (Fsp3) is 0.167. The Morgan fingerprint density at radius 2 is 1.96 bits per heavy atom. The number of nitrogens with zero attached hydrogens (tertiary/aromatic N) is 2. The molecule has 1 atom stereocenters. The lowest BCUT2D eigenvalue weighted by molar-refractivity contribution is 0.0648. The van der Waals surface area contributed by atoms with Gasteiger partial charge in [-0.05, 0) is 43.3 Å². The van der Waals surface area contributed by atoms with E-state index in [-0.39, 0.29) is 22.9 Å². The van der Waals surface area contributed by atoms with Crippen LogP contribution >= 0.6 is 0 Å². The summed E-state index contributed by atoms with van der Waals surface area (Å²) in [5, 5.41) is 15.9. The molecule has 3 rings (SSSR count). The topological polar surface area (TPSA) is 97.4 Å². The average Bonchev–Trinajstić information content (AvgIpc) is 3.21. The summed E-state index contributed by atoms with van der Waals surface area (Å²) in [5.41, 5.74) is 1.36. The number of carbonyl (C=O) groups is 2. The molecule has 2 heterocycles. The first-order chi connectivity index (χ1) is 12.4. The van der Waals surface area contributed by atoms with Crippen molar-refractivity contribution in [1.29, 1.82) is 0 Å². The number of aryl methyl sites for hydroxylation is 1. The molecule has 2 N–H and O–H groups in total. The number of aromatic nitrogens is 2. The summed E-state index contributed by atoms with van der Waals surface area (Å²) < 4.78 is 19.8. The van der Waals surface area contributed by atoms with Gasteiger partial charge in [0.2, 0.25) is 5.76 Å². The summed E-state index contributed by atoms with van der Waals surface area (Å²) >= 11 is 0. The monoisotopic (exact) mass is 357 g/mol. The summed E-state index contributed by atoms with van der Waals surface area (Å²) in [6, 6.07) is 8.08. The Balaban J connectivity index is 1.98. The lowest BCUT2D eigenvalue weighted by Gasteiger charge is -2.15. The summed E-state index contributed by atoms with van der Waals surface area (Å²) in [6.45, 7) is 1.63. The van der Waals surface area contributed by atoms with Crippen LogP contribution in [0.2, 0.25) is 0 Å². The summed E-state index contributed by atoms with van der Waals surface area (Å²) in [6.07, 6.45) is 1.73. The van der Waals surface area contributed by atoms with E-state index in [2.05, 4.69) is 10.5 Å². The van der Waals surface area contributed by atoms with E-state index in [0.29, 0.717) is 11.3 Å². The predicted molar refractivity (Wildman–Crippen MR) is 90.2 cm³/mol. The third-order valence-electron chi connectivity index (χ3n) is 4.00. The SMILES string of the molecule is C[C@@H](NC(=O)c1cccn1C)c1c(-c2ccc(F)cc2)noc1C(=O)O. The number of rotatable bonds is 5. The molecule has 0 fully saturated rings.